The first kappa shape index (κ1) is 17.1. The standard InChI is InChI=1S/C18H15ClFN3O2/c1-2-25-22-18(24)17-11-16(12-6-8-14(20)9-7-12)21-23(17)15-5-3-4-13(19)10-15/h3-11H,2H2,1H3,(H,22,24). The lowest BCUT2D eigenvalue weighted by Crippen LogP contribution is -2.26. The van der Waals surface area contributed by atoms with Crippen molar-refractivity contribution in [2.45, 2.75) is 6.92 Å². The van der Waals surface area contributed by atoms with Crippen LogP contribution in [0.1, 0.15) is 17.4 Å². The second-order valence-corrected chi connectivity index (χ2v) is 5.61. The minimum atomic E-state index is -0.442. The Balaban J connectivity index is 2.07. The molecule has 0 spiro atoms. The molecule has 0 saturated heterocycles. The van der Waals surface area contributed by atoms with E-state index in [0.717, 1.165) is 0 Å². The van der Waals surface area contributed by atoms with Gasteiger partial charge in [-0.2, -0.15) is 5.10 Å². The molecule has 0 unspecified atom stereocenters. The van der Waals surface area contributed by atoms with Crippen molar-refractivity contribution in [2.24, 2.45) is 0 Å². The maximum atomic E-state index is 13.1. The highest BCUT2D eigenvalue weighted by molar-refractivity contribution is 6.30. The van der Waals surface area contributed by atoms with Crippen LogP contribution in [0.2, 0.25) is 5.02 Å². The van der Waals surface area contributed by atoms with E-state index in [-0.39, 0.29) is 11.5 Å². The predicted molar refractivity (Wildman–Crippen MR) is 93.1 cm³/mol. The van der Waals surface area contributed by atoms with Gasteiger partial charge in [-0.05, 0) is 55.5 Å². The summed E-state index contributed by atoms with van der Waals surface area (Å²) in [5.74, 6) is -0.782. The van der Waals surface area contributed by atoms with Gasteiger partial charge in [0, 0.05) is 10.6 Å². The lowest BCUT2D eigenvalue weighted by Gasteiger charge is -2.08. The zero-order valence-electron chi connectivity index (χ0n) is 13.4. The van der Waals surface area contributed by atoms with Crippen LogP contribution in [0.3, 0.4) is 0 Å². The van der Waals surface area contributed by atoms with E-state index < -0.39 is 5.91 Å². The molecule has 3 aromatic rings. The first-order valence-electron chi connectivity index (χ1n) is 7.62. The average Bonchev–Trinajstić information content (AvgIpc) is 3.06. The summed E-state index contributed by atoms with van der Waals surface area (Å²) in [5, 5.41) is 4.99. The molecule has 7 heteroatoms. The van der Waals surface area contributed by atoms with Crippen molar-refractivity contribution in [3.63, 3.8) is 0 Å². The number of nitrogens with one attached hydrogen (secondary N) is 1. The normalized spacial score (nSPS) is 10.7. The summed E-state index contributed by atoms with van der Waals surface area (Å²) < 4.78 is 14.6. The molecule has 1 amide bonds. The van der Waals surface area contributed by atoms with Crippen LogP contribution in [0.5, 0.6) is 0 Å². The number of benzene rings is 2. The molecule has 1 N–H and O–H groups in total. The summed E-state index contributed by atoms with van der Waals surface area (Å²) >= 11 is 6.04. The van der Waals surface area contributed by atoms with Gasteiger partial charge >= 0.3 is 0 Å². The van der Waals surface area contributed by atoms with Crippen molar-refractivity contribution in [1.29, 1.82) is 0 Å². The number of amides is 1. The fourth-order valence-electron chi connectivity index (χ4n) is 2.30. The van der Waals surface area contributed by atoms with Gasteiger partial charge in [-0.1, -0.05) is 17.7 Å². The number of hydroxylamine groups is 1. The molecule has 3 rings (SSSR count). The monoisotopic (exact) mass is 359 g/mol. The molecular weight excluding hydrogens is 345 g/mol. The molecule has 0 bridgehead atoms. The van der Waals surface area contributed by atoms with Gasteiger partial charge in [0.05, 0.1) is 18.0 Å². The molecule has 2 aromatic carbocycles. The SMILES string of the molecule is CCONC(=O)c1cc(-c2ccc(F)cc2)nn1-c1cccc(Cl)c1. The lowest BCUT2D eigenvalue weighted by atomic mass is 10.1. The van der Waals surface area contributed by atoms with E-state index in [0.29, 0.717) is 28.6 Å². The zero-order valence-corrected chi connectivity index (χ0v) is 14.1. The van der Waals surface area contributed by atoms with Gasteiger partial charge in [0.1, 0.15) is 11.5 Å². The molecule has 0 aliphatic heterocycles. The summed E-state index contributed by atoms with van der Waals surface area (Å²) in [5.41, 5.74) is 4.47. The number of carbonyl (C=O) groups excluding carboxylic acids is 1. The molecule has 0 saturated carbocycles. The second-order valence-electron chi connectivity index (χ2n) is 5.18. The first-order valence-corrected chi connectivity index (χ1v) is 8.00. The number of aromatic nitrogens is 2. The third-order valence-corrected chi connectivity index (χ3v) is 3.68. The van der Waals surface area contributed by atoms with Crippen LogP contribution < -0.4 is 5.48 Å². The van der Waals surface area contributed by atoms with Gasteiger partial charge in [-0.3, -0.25) is 9.63 Å². The molecule has 0 aliphatic carbocycles. The number of hydrogen-bond acceptors (Lipinski definition) is 3. The zero-order chi connectivity index (χ0) is 17.8. The van der Waals surface area contributed by atoms with Crippen LogP contribution in [-0.2, 0) is 4.84 Å². The highest BCUT2D eigenvalue weighted by atomic mass is 35.5. The van der Waals surface area contributed by atoms with E-state index >= 15 is 0 Å². The third-order valence-electron chi connectivity index (χ3n) is 3.44. The molecule has 25 heavy (non-hydrogen) atoms. The number of halogens is 2. The third kappa shape index (κ3) is 3.87. The van der Waals surface area contributed by atoms with Crippen molar-refractivity contribution in [1.82, 2.24) is 15.3 Å². The summed E-state index contributed by atoms with van der Waals surface area (Å²) in [7, 11) is 0. The Labute approximate surface area is 148 Å². The van der Waals surface area contributed by atoms with Gasteiger partial charge < -0.3 is 0 Å². The largest absolute Gasteiger partial charge is 0.293 e. The Kier molecular flexibility index (Phi) is 5.11. The molecular formula is C18H15ClFN3O2. The van der Waals surface area contributed by atoms with E-state index in [9.17, 15) is 9.18 Å². The first-order chi connectivity index (χ1) is 12.1. The summed E-state index contributed by atoms with van der Waals surface area (Å²) in [4.78, 5) is 17.4. The number of carbonyl (C=O) groups is 1. The van der Waals surface area contributed by atoms with Crippen molar-refractivity contribution >= 4 is 17.5 Å². The molecule has 0 aliphatic rings. The molecule has 128 valence electrons. The van der Waals surface area contributed by atoms with Crippen LogP contribution in [0.25, 0.3) is 16.9 Å². The summed E-state index contributed by atoms with van der Waals surface area (Å²) in [6.07, 6.45) is 0. The second kappa shape index (κ2) is 7.46. The maximum absolute atomic E-state index is 13.1. The lowest BCUT2D eigenvalue weighted by molar-refractivity contribution is 0.0357. The van der Waals surface area contributed by atoms with E-state index in [4.69, 9.17) is 16.4 Å². The molecule has 0 radical (unpaired) electrons. The van der Waals surface area contributed by atoms with Gasteiger partial charge in [-0.15, -0.1) is 0 Å². The molecule has 1 heterocycles. The van der Waals surface area contributed by atoms with E-state index in [2.05, 4.69) is 10.6 Å². The van der Waals surface area contributed by atoms with Crippen LogP contribution in [0, 0.1) is 5.82 Å². The molecule has 1 aromatic heterocycles. The van der Waals surface area contributed by atoms with Crippen molar-refractivity contribution in [2.75, 3.05) is 6.61 Å². The molecule has 0 atom stereocenters. The van der Waals surface area contributed by atoms with Crippen LogP contribution in [0.4, 0.5) is 4.39 Å². The highest BCUT2D eigenvalue weighted by Gasteiger charge is 2.18. The van der Waals surface area contributed by atoms with Gasteiger partial charge in [0.15, 0.2) is 0 Å². The van der Waals surface area contributed by atoms with Crippen molar-refractivity contribution in [3.8, 4) is 16.9 Å². The van der Waals surface area contributed by atoms with Crippen LogP contribution in [-0.4, -0.2) is 22.3 Å². The Morgan fingerprint density at radius 2 is 2.00 bits per heavy atom. The Morgan fingerprint density at radius 3 is 2.68 bits per heavy atom. The molecule has 5 nitrogen and oxygen atoms in total. The Morgan fingerprint density at radius 1 is 1.24 bits per heavy atom. The number of nitrogens with zero attached hydrogens (tertiary/aromatic N) is 2. The predicted octanol–water partition coefficient (Wildman–Crippen LogP) is 4.01. The maximum Gasteiger partial charge on any atom is 0.293 e. The summed E-state index contributed by atoms with van der Waals surface area (Å²) in [6.45, 7) is 2.10. The van der Waals surface area contributed by atoms with E-state index in [1.165, 1.54) is 16.8 Å². The Hall–Kier alpha value is -2.70. The van der Waals surface area contributed by atoms with Crippen molar-refractivity contribution < 1.29 is 14.0 Å². The average molecular weight is 360 g/mol. The van der Waals surface area contributed by atoms with E-state index in [1.54, 1.807) is 49.4 Å². The minimum absolute atomic E-state index is 0.273. The van der Waals surface area contributed by atoms with Crippen LogP contribution in [0.15, 0.2) is 54.6 Å². The fourth-order valence-corrected chi connectivity index (χ4v) is 2.48. The van der Waals surface area contributed by atoms with Gasteiger partial charge in [-0.25, -0.2) is 14.6 Å². The fraction of sp³-hybridized carbons (Fsp3) is 0.111. The highest BCUT2D eigenvalue weighted by Crippen LogP contribution is 2.23. The van der Waals surface area contributed by atoms with Crippen molar-refractivity contribution in [3.05, 3.63) is 71.1 Å². The molecule has 0 fully saturated rings. The van der Waals surface area contributed by atoms with Gasteiger partial charge in [0.25, 0.3) is 5.91 Å². The van der Waals surface area contributed by atoms with E-state index in [1.807, 2.05) is 0 Å². The number of hydrogen-bond donors (Lipinski definition) is 1. The quantitative estimate of drug-likeness (QED) is 0.700. The smallest absolute Gasteiger partial charge is 0.274 e. The number of rotatable bonds is 5. The summed E-state index contributed by atoms with van der Waals surface area (Å²) in [6, 6.07) is 14.5. The topological polar surface area (TPSA) is 56.1 Å². The minimum Gasteiger partial charge on any atom is -0.274 e. The Bertz CT molecular complexity index is 894. The van der Waals surface area contributed by atoms with Crippen LogP contribution >= 0.6 is 11.6 Å². The van der Waals surface area contributed by atoms with Gasteiger partial charge in [0.2, 0.25) is 0 Å².